The Morgan fingerprint density at radius 1 is 1.03 bits per heavy atom. The van der Waals surface area contributed by atoms with Crippen molar-refractivity contribution in [2.24, 2.45) is 0 Å². The lowest BCUT2D eigenvalue weighted by Gasteiger charge is -2.22. The molecule has 0 atom stereocenters. The molecule has 2 aromatic carbocycles. The molecule has 2 aliphatic heterocycles. The Morgan fingerprint density at radius 3 is 2.45 bits per heavy atom. The minimum absolute atomic E-state index is 0.0436. The summed E-state index contributed by atoms with van der Waals surface area (Å²) in [5, 5.41) is 11.9. The second kappa shape index (κ2) is 10.1. The number of carbonyl (C=O) groups excluding carboxylic acids is 1. The van der Waals surface area contributed by atoms with E-state index in [-0.39, 0.29) is 5.91 Å². The predicted octanol–water partition coefficient (Wildman–Crippen LogP) is 3.24. The maximum atomic E-state index is 12.7. The van der Waals surface area contributed by atoms with Gasteiger partial charge in [-0.15, -0.1) is 0 Å². The molecule has 1 fully saturated rings. The highest BCUT2D eigenvalue weighted by molar-refractivity contribution is 9.10. The van der Waals surface area contributed by atoms with Crippen LogP contribution in [-0.2, 0) is 11.3 Å². The lowest BCUT2D eigenvalue weighted by atomic mass is 10.1. The molecule has 0 saturated carbocycles. The largest absolute Gasteiger partial charge is 0.486 e. The van der Waals surface area contributed by atoms with E-state index < -0.39 is 0 Å². The number of hydrogen-bond donors (Lipinski definition) is 1. The molecule has 8 heteroatoms. The third kappa shape index (κ3) is 5.76. The van der Waals surface area contributed by atoms with Crippen LogP contribution in [0.1, 0.15) is 17.5 Å². The van der Waals surface area contributed by atoms with Crippen LogP contribution < -0.4 is 14.8 Å². The van der Waals surface area contributed by atoms with Gasteiger partial charge in [0, 0.05) is 36.2 Å². The van der Waals surface area contributed by atoms with Crippen molar-refractivity contribution >= 4 is 27.5 Å². The quantitative estimate of drug-likeness (QED) is 0.701. The van der Waals surface area contributed by atoms with Crippen molar-refractivity contribution in [2.75, 3.05) is 51.3 Å². The number of ether oxygens (including phenoxy) is 2. The molecule has 0 unspecified atom stereocenters. The molecule has 1 amide bonds. The normalized spacial score (nSPS) is 16.9. The lowest BCUT2D eigenvalue weighted by molar-refractivity contribution is -0.117. The Bertz CT molecular complexity index is 974. The second-order valence-electron chi connectivity index (χ2n) is 7.74. The van der Waals surface area contributed by atoms with Gasteiger partial charge in [0.25, 0.3) is 0 Å². The standard InChI is InChI=1S/C23H25BrN4O3/c24-19-12-21-22(31-11-10-30-21)13-20(19)26-23(29)16-28-7-1-6-27(8-9-28)15-18-4-2-17(14-25)3-5-18/h2-5,12-13H,1,6-11,15-16H2,(H,26,29). The van der Waals surface area contributed by atoms with Gasteiger partial charge in [0.2, 0.25) is 5.91 Å². The summed E-state index contributed by atoms with van der Waals surface area (Å²) < 4.78 is 12.0. The molecule has 4 rings (SSSR count). The van der Waals surface area contributed by atoms with Gasteiger partial charge in [0.05, 0.1) is 23.9 Å². The highest BCUT2D eigenvalue weighted by Crippen LogP contribution is 2.38. The first-order chi connectivity index (χ1) is 15.1. The van der Waals surface area contributed by atoms with Crippen molar-refractivity contribution in [3.63, 3.8) is 0 Å². The predicted molar refractivity (Wildman–Crippen MR) is 121 cm³/mol. The van der Waals surface area contributed by atoms with Crippen LogP contribution in [0.4, 0.5) is 5.69 Å². The maximum absolute atomic E-state index is 12.7. The van der Waals surface area contributed by atoms with Gasteiger partial charge < -0.3 is 14.8 Å². The van der Waals surface area contributed by atoms with Gasteiger partial charge in [-0.3, -0.25) is 14.6 Å². The van der Waals surface area contributed by atoms with Gasteiger partial charge in [-0.1, -0.05) is 12.1 Å². The summed E-state index contributed by atoms with van der Waals surface area (Å²) >= 11 is 3.50. The van der Waals surface area contributed by atoms with Crippen molar-refractivity contribution in [2.45, 2.75) is 13.0 Å². The third-order valence-electron chi connectivity index (χ3n) is 5.44. The molecule has 2 aromatic rings. The van der Waals surface area contributed by atoms with Gasteiger partial charge in [-0.25, -0.2) is 0 Å². The van der Waals surface area contributed by atoms with Gasteiger partial charge in [0.1, 0.15) is 13.2 Å². The summed E-state index contributed by atoms with van der Waals surface area (Å²) in [7, 11) is 0. The number of rotatable bonds is 5. The Kier molecular flexibility index (Phi) is 7.07. The fraction of sp³-hybridized carbons (Fsp3) is 0.391. The molecule has 0 aromatic heterocycles. The number of hydrogen-bond acceptors (Lipinski definition) is 6. The molecule has 0 radical (unpaired) electrons. The van der Waals surface area contributed by atoms with Gasteiger partial charge >= 0.3 is 0 Å². The van der Waals surface area contributed by atoms with Crippen LogP contribution in [0.15, 0.2) is 40.9 Å². The number of halogens is 1. The smallest absolute Gasteiger partial charge is 0.238 e. The van der Waals surface area contributed by atoms with E-state index >= 15 is 0 Å². The molecule has 1 saturated heterocycles. The number of benzene rings is 2. The first-order valence-corrected chi connectivity index (χ1v) is 11.2. The van der Waals surface area contributed by atoms with E-state index in [1.165, 1.54) is 5.56 Å². The summed E-state index contributed by atoms with van der Waals surface area (Å²) in [4.78, 5) is 17.3. The Labute approximate surface area is 190 Å². The van der Waals surface area contributed by atoms with E-state index in [4.69, 9.17) is 14.7 Å². The number of anilines is 1. The molecule has 0 bridgehead atoms. The van der Waals surface area contributed by atoms with Crippen LogP contribution in [0.3, 0.4) is 0 Å². The maximum Gasteiger partial charge on any atom is 0.238 e. The molecule has 162 valence electrons. The third-order valence-corrected chi connectivity index (χ3v) is 6.10. The van der Waals surface area contributed by atoms with Crippen molar-refractivity contribution in [3.8, 4) is 17.6 Å². The zero-order valence-corrected chi connectivity index (χ0v) is 18.9. The number of nitriles is 1. The zero-order chi connectivity index (χ0) is 21.6. The van der Waals surface area contributed by atoms with E-state index in [1.807, 2.05) is 30.3 Å². The fourth-order valence-corrected chi connectivity index (χ4v) is 4.26. The van der Waals surface area contributed by atoms with E-state index in [1.54, 1.807) is 6.07 Å². The molecule has 0 aliphatic carbocycles. The summed E-state index contributed by atoms with van der Waals surface area (Å²) in [6.45, 7) is 5.87. The number of nitrogens with one attached hydrogen (secondary N) is 1. The molecule has 1 N–H and O–H groups in total. The number of fused-ring (bicyclic) bond motifs is 1. The van der Waals surface area contributed by atoms with Crippen LogP contribution in [0, 0.1) is 11.3 Å². The minimum Gasteiger partial charge on any atom is -0.486 e. The second-order valence-corrected chi connectivity index (χ2v) is 8.59. The van der Waals surface area contributed by atoms with E-state index in [9.17, 15) is 4.79 Å². The number of amides is 1. The van der Waals surface area contributed by atoms with Gasteiger partial charge in [-0.05, 0) is 53.1 Å². The van der Waals surface area contributed by atoms with Crippen molar-refractivity contribution in [3.05, 3.63) is 52.0 Å². The summed E-state index contributed by atoms with van der Waals surface area (Å²) in [6.07, 6.45) is 1.01. The molecule has 0 spiro atoms. The summed E-state index contributed by atoms with van der Waals surface area (Å²) in [6, 6.07) is 13.5. The van der Waals surface area contributed by atoms with E-state index in [0.717, 1.165) is 43.6 Å². The first-order valence-electron chi connectivity index (χ1n) is 10.4. The van der Waals surface area contributed by atoms with E-state index in [2.05, 4.69) is 37.1 Å². The monoisotopic (exact) mass is 484 g/mol. The summed E-state index contributed by atoms with van der Waals surface area (Å²) in [5.74, 6) is 1.29. The van der Waals surface area contributed by atoms with Gasteiger partial charge in [0.15, 0.2) is 11.5 Å². The molecule has 2 aliphatic rings. The molecule has 7 nitrogen and oxygen atoms in total. The molecule has 31 heavy (non-hydrogen) atoms. The molecular formula is C23H25BrN4O3. The van der Waals surface area contributed by atoms with Crippen LogP contribution in [0.2, 0.25) is 0 Å². The van der Waals surface area contributed by atoms with Crippen LogP contribution in [-0.4, -0.2) is 61.6 Å². The SMILES string of the molecule is N#Cc1ccc(CN2CCCN(CC(=O)Nc3cc4c(cc3Br)OCCO4)CC2)cc1. The highest BCUT2D eigenvalue weighted by Gasteiger charge is 2.19. The van der Waals surface area contributed by atoms with Gasteiger partial charge in [-0.2, -0.15) is 5.26 Å². The van der Waals surface area contributed by atoms with Crippen molar-refractivity contribution in [1.29, 1.82) is 5.26 Å². The van der Waals surface area contributed by atoms with Crippen molar-refractivity contribution < 1.29 is 14.3 Å². The fourth-order valence-electron chi connectivity index (χ4n) is 3.84. The average molecular weight is 485 g/mol. The Balaban J connectivity index is 1.29. The topological polar surface area (TPSA) is 77.8 Å². The van der Waals surface area contributed by atoms with E-state index in [0.29, 0.717) is 42.5 Å². The lowest BCUT2D eigenvalue weighted by Crippen LogP contribution is -2.36. The van der Waals surface area contributed by atoms with Crippen LogP contribution >= 0.6 is 15.9 Å². The average Bonchev–Trinajstić information content (AvgIpc) is 2.99. The Hall–Kier alpha value is -2.60. The van der Waals surface area contributed by atoms with Crippen LogP contribution in [0.5, 0.6) is 11.5 Å². The molecule has 2 heterocycles. The zero-order valence-electron chi connectivity index (χ0n) is 17.3. The highest BCUT2D eigenvalue weighted by atomic mass is 79.9. The van der Waals surface area contributed by atoms with Crippen molar-refractivity contribution in [1.82, 2.24) is 9.80 Å². The first kappa shape index (κ1) is 21.6. The number of carbonyl (C=O) groups is 1. The Morgan fingerprint density at radius 2 is 1.71 bits per heavy atom. The minimum atomic E-state index is -0.0436. The molecular weight excluding hydrogens is 460 g/mol. The summed E-state index contributed by atoms with van der Waals surface area (Å²) in [5.41, 5.74) is 2.57. The van der Waals surface area contributed by atoms with Crippen LogP contribution in [0.25, 0.3) is 0 Å². The number of nitrogens with zero attached hydrogens (tertiary/aromatic N) is 3.